The Morgan fingerprint density at radius 3 is 0.794 bits per heavy atom. The van der Waals surface area contributed by atoms with Gasteiger partial charge < -0.3 is 0 Å². The first-order valence-electron chi connectivity index (χ1n) is 10.9. The summed E-state index contributed by atoms with van der Waals surface area (Å²) in [6, 6.07) is 51.7. The molecule has 0 radical (unpaired) electrons. The quantitative estimate of drug-likeness (QED) is 0.280. The van der Waals surface area contributed by atoms with E-state index in [-0.39, 0.29) is 0 Å². The SMILES string of the molecule is N#Cc1ccc(-c2ccccc2)cc1.N#Cc1ccc(-c2ccccc2)cc1.c1ccccc1. The summed E-state index contributed by atoms with van der Waals surface area (Å²) < 4.78 is 0. The minimum absolute atomic E-state index is 0.699. The van der Waals surface area contributed by atoms with Crippen LogP contribution in [0, 0.1) is 22.7 Å². The summed E-state index contributed by atoms with van der Waals surface area (Å²) >= 11 is 0. The number of hydrogen-bond donors (Lipinski definition) is 0. The second-order valence-electron chi connectivity index (χ2n) is 7.27. The van der Waals surface area contributed by atoms with Crippen molar-refractivity contribution in [1.29, 1.82) is 10.5 Å². The van der Waals surface area contributed by atoms with Gasteiger partial charge in [-0.15, -0.1) is 0 Å². The van der Waals surface area contributed by atoms with Crippen LogP contribution in [0.1, 0.15) is 11.1 Å². The lowest BCUT2D eigenvalue weighted by molar-refractivity contribution is 1.48. The monoisotopic (exact) mass is 436 g/mol. The minimum atomic E-state index is 0.699. The Hall–Kier alpha value is -4.92. The van der Waals surface area contributed by atoms with Gasteiger partial charge in [-0.25, -0.2) is 0 Å². The molecule has 0 aliphatic rings. The molecule has 0 aromatic heterocycles. The van der Waals surface area contributed by atoms with Gasteiger partial charge in [0.2, 0.25) is 0 Å². The largest absolute Gasteiger partial charge is 0.192 e. The zero-order valence-electron chi connectivity index (χ0n) is 18.8. The number of rotatable bonds is 2. The van der Waals surface area contributed by atoms with Gasteiger partial charge in [-0.2, -0.15) is 10.5 Å². The molecular weight excluding hydrogens is 412 g/mol. The van der Waals surface area contributed by atoms with Crippen LogP contribution in [0.2, 0.25) is 0 Å². The summed E-state index contributed by atoms with van der Waals surface area (Å²) in [5, 5.41) is 17.3. The zero-order chi connectivity index (χ0) is 23.8. The van der Waals surface area contributed by atoms with E-state index in [1.54, 1.807) is 0 Å². The fourth-order valence-electron chi connectivity index (χ4n) is 3.12. The van der Waals surface area contributed by atoms with Crippen LogP contribution in [-0.4, -0.2) is 0 Å². The van der Waals surface area contributed by atoms with Crippen LogP contribution < -0.4 is 0 Å². The average Bonchev–Trinajstić information content (AvgIpc) is 2.96. The van der Waals surface area contributed by atoms with Gasteiger partial charge in [0, 0.05) is 0 Å². The third kappa shape index (κ3) is 7.65. The van der Waals surface area contributed by atoms with E-state index in [9.17, 15) is 0 Å². The van der Waals surface area contributed by atoms with Crippen LogP contribution in [0.15, 0.2) is 146 Å². The van der Waals surface area contributed by atoms with E-state index in [1.807, 2.05) is 121 Å². The van der Waals surface area contributed by atoms with E-state index < -0.39 is 0 Å². The van der Waals surface area contributed by atoms with Gasteiger partial charge >= 0.3 is 0 Å². The van der Waals surface area contributed by atoms with Crippen molar-refractivity contribution in [2.75, 3.05) is 0 Å². The fourth-order valence-corrected chi connectivity index (χ4v) is 3.12. The molecule has 34 heavy (non-hydrogen) atoms. The highest BCUT2D eigenvalue weighted by Gasteiger charge is 1.96. The Kier molecular flexibility index (Phi) is 9.41. The van der Waals surface area contributed by atoms with Crippen LogP contribution in [0.4, 0.5) is 0 Å². The second kappa shape index (κ2) is 13.5. The molecule has 0 N–H and O–H groups in total. The van der Waals surface area contributed by atoms with Gasteiger partial charge in [-0.05, 0) is 46.5 Å². The van der Waals surface area contributed by atoms with Crippen LogP contribution >= 0.6 is 0 Å². The van der Waals surface area contributed by atoms with Crippen molar-refractivity contribution in [3.05, 3.63) is 157 Å². The van der Waals surface area contributed by atoms with Crippen molar-refractivity contribution in [1.82, 2.24) is 0 Å². The molecule has 2 heteroatoms. The molecule has 0 aliphatic heterocycles. The first-order chi connectivity index (χ1) is 16.8. The molecule has 0 amide bonds. The molecule has 0 fully saturated rings. The smallest absolute Gasteiger partial charge is 0.0991 e. The number of nitrogens with zero attached hydrogens (tertiary/aromatic N) is 2. The Morgan fingerprint density at radius 1 is 0.294 bits per heavy atom. The van der Waals surface area contributed by atoms with E-state index in [0.717, 1.165) is 11.1 Å². The third-order valence-electron chi connectivity index (χ3n) is 4.91. The van der Waals surface area contributed by atoms with Crippen molar-refractivity contribution in [3.8, 4) is 34.4 Å². The van der Waals surface area contributed by atoms with Gasteiger partial charge in [0.1, 0.15) is 0 Å². The summed E-state index contributed by atoms with van der Waals surface area (Å²) in [7, 11) is 0. The van der Waals surface area contributed by atoms with Gasteiger partial charge in [0.05, 0.1) is 23.3 Å². The normalized spacial score (nSPS) is 9.12. The van der Waals surface area contributed by atoms with Crippen LogP contribution in [0.25, 0.3) is 22.3 Å². The van der Waals surface area contributed by atoms with Gasteiger partial charge in [0.15, 0.2) is 0 Å². The van der Waals surface area contributed by atoms with E-state index in [2.05, 4.69) is 36.4 Å². The summed E-state index contributed by atoms with van der Waals surface area (Å²) in [5.74, 6) is 0. The average molecular weight is 437 g/mol. The highest BCUT2D eigenvalue weighted by molar-refractivity contribution is 5.64. The number of nitriles is 2. The van der Waals surface area contributed by atoms with Crippen LogP contribution in [-0.2, 0) is 0 Å². The molecule has 5 rings (SSSR count). The molecule has 0 saturated heterocycles. The summed E-state index contributed by atoms with van der Waals surface area (Å²) in [5.41, 5.74) is 6.04. The molecule has 0 atom stereocenters. The molecular formula is C32H24N2. The number of benzene rings is 5. The van der Waals surface area contributed by atoms with Gasteiger partial charge in [-0.1, -0.05) is 121 Å². The standard InChI is InChI=1S/2C13H9N.C6H6/c2*14-10-11-6-8-13(9-7-11)12-4-2-1-3-5-12;1-2-4-6-5-3-1/h2*1-9H;1-6H. The first-order valence-corrected chi connectivity index (χ1v) is 10.9. The Labute approximate surface area is 201 Å². The molecule has 0 heterocycles. The summed E-state index contributed by atoms with van der Waals surface area (Å²) in [6.45, 7) is 0. The van der Waals surface area contributed by atoms with Crippen molar-refractivity contribution in [2.45, 2.75) is 0 Å². The highest BCUT2D eigenvalue weighted by atomic mass is 14.2. The van der Waals surface area contributed by atoms with E-state index in [1.165, 1.54) is 11.1 Å². The third-order valence-corrected chi connectivity index (χ3v) is 4.91. The lowest BCUT2D eigenvalue weighted by Crippen LogP contribution is -1.77. The second-order valence-corrected chi connectivity index (χ2v) is 7.27. The van der Waals surface area contributed by atoms with Crippen LogP contribution in [0.3, 0.4) is 0 Å². The highest BCUT2D eigenvalue weighted by Crippen LogP contribution is 2.19. The van der Waals surface area contributed by atoms with E-state index in [4.69, 9.17) is 10.5 Å². The fraction of sp³-hybridized carbons (Fsp3) is 0. The predicted molar refractivity (Wildman–Crippen MR) is 140 cm³/mol. The topological polar surface area (TPSA) is 47.6 Å². The molecule has 0 unspecified atom stereocenters. The molecule has 0 spiro atoms. The lowest BCUT2D eigenvalue weighted by Gasteiger charge is -1.99. The maximum absolute atomic E-state index is 8.65. The summed E-state index contributed by atoms with van der Waals surface area (Å²) in [6.07, 6.45) is 0. The molecule has 0 bridgehead atoms. The Balaban J connectivity index is 0.000000154. The van der Waals surface area contributed by atoms with E-state index >= 15 is 0 Å². The molecule has 5 aromatic carbocycles. The zero-order valence-corrected chi connectivity index (χ0v) is 18.8. The van der Waals surface area contributed by atoms with Crippen molar-refractivity contribution in [2.24, 2.45) is 0 Å². The van der Waals surface area contributed by atoms with Crippen molar-refractivity contribution in [3.63, 3.8) is 0 Å². The van der Waals surface area contributed by atoms with Gasteiger partial charge in [0.25, 0.3) is 0 Å². The predicted octanol–water partition coefficient (Wildman–Crippen LogP) is 8.14. The number of hydrogen-bond acceptors (Lipinski definition) is 2. The maximum atomic E-state index is 8.65. The van der Waals surface area contributed by atoms with E-state index in [0.29, 0.717) is 11.1 Å². The summed E-state index contributed by atoms with van der Waals surface area (Å²) in [4.78, 5) is 0. The molecule has 2 nitrogen and oxygen atoms in total. The van der Waals surface area contributed by atoms with Crippen molar-refractivity contribution >= 4 is 0 Å². The first kappa shape index (κ1) is 23.7. The molecule has 0 saturated carbocycles. The molecule has 0 aliphatic carbocycles. The molecule has 162 valence electrons. The Morgan fingerprint density at radius 2 is 0.529 bits per heavy atom. The lowest BCUT2D eigenvalue weighted by atomic mass is 10.0. The van der Waals surface area contributed by atoms with Crippen LogP contribution in [0.5, 0.6) is 0 Å². The maximum Gasteiger partial charge on any atom is 0.0991 e. The Bertz CT molecular complexity index is 1190. The molecule has 5 aromatic rings. The minimum Gasteiger partial charge on any atom is -0.192 e. The van der Waals surface area contributed by atoms with Gasteiger partial charge in [-0.3, -0.25) is 0 Å². The van der Waals surface area contributed by atoms with Crippen molar-refractivity contribution < 1.29 is 0 Å².